The van der Waals surface area contributed by atoms with Crippen LogP contribution in [-0.2, 0) is 6.18 Å². The standard InChI is InChI=1S/C14H6Cl2F3NO/c15-12-4-3-9(5-11(12)14(17,18)19)21-10-2-1-8(7-20)13(16)6-10/h1-6H. The summed E-state index contributed by atoms with van der Waals surface area (Å²) in [5.74, 6) is 0.182. The zero-order chi connectivity index (χ0) is 15.6. The lowest BCUT2D eigenvalue weighted by atomic mass is 10.2. The quantitative estimate of drug-likeness (QED) is 0.709. The van der Waals surface area contributed by atoms with Crippen LogP contribution < -0.4 is 4.74 Å². The van der Waals surface area contributed by atoms with Crippen LogP contribution in [0, 0.1) is 11.3 Å². The van der Waals surface area contributed by atoms with E-state index in [-0.39, 0.29) is 22.1 Å². The average Bonchev–Trinajstić information content (AvgIpc) is 2.40. The van der Waals surface area contributed by atoms with E-state index in [9.17, 15) is 13.2 Å². The Morgan fingerprint density at radius 3 is 2.14 bits per heavy atom. The number of benzene rings is 2. The maximum atomic E-state index is 12.7. The maximum absolute atomic E-state index is 12.7. The van der Waals surface area contributed by atoms with Crippen molar-refractivity contribution in [1.29, 1.82) is 5.26 Å². The highest BCUT2D eigenvalue weighted by molar-refractivity contribution is 6.32. The van der Waals surface area contributed by atoms with Crippen molar-refractivity contribution in [3.8, 4) is 17.6 Å². The zero-order valence-electron chi connectivity index (χ0n) is 10.2. The topological polar surface area (TPSA) is 33.0 Å². The normalized spacial score (nSPS) is 11.0. The van der Waals surface area contributed by atoms with Gasteiger partial charge in [-0.05, 0) is 30.3 Å². The molecule has 0 saturated carbocycles. The van der Waals surface area contributed by atoms with E-state index in [0.29, 0.717) is 0 Å². The summed E-state index contributed by atoms with van der Waals surface area (Å²) in [6.07, 6.45) is -4.57. The van der Waals surface area contributed by atoms with Crippen LogP contribution in [0.5, 0.6) is 11.5 Å². The number of rotatable bonds is 2. The van der Waals surface area contributed by atoms with Gasteiger partial charge in [0, 0.05) is 6.07 Å². The third-order valence-corrected chi connectivity index (χ3v) is 3.18. The molecule has 2 rings (SSSR count). The van der Waals surface area contributed by atoms with Gasteiger partial charge in [-0.2, -0.15) is 18.4 Å². The summed E-state index contributed by atoms with van der Waals surface area (Å²) in [7, 11) is 0. The number of halogens is 5. The Hall–Kier alpha value is -1.90. The number of nitrogens with zero attached hydrogens (tertiary/aromatic N) is 1. The molecule has 0 aliphatic heterocycles. The van der Waals surface area contributed by atoms with Crippen LogP contribution in [0.2, 0.25) is 10.0 Å². The van der Waals surface area contributed by atoms with Gasteiger partial charge >= 0.3 is 6.18 Å². The first-order chi connectivity index (χ1) is 9.81. The maximum Gasteiger partial charge on any atom is 0.417 e. The fraction of sp³-hybridized carbons (Fsp3) is 0.0714. The average molecular weight is 332 g/mol. The van der Waals surface area contributed by atoms with Gasteiger partial charge in [-0.3, -0.25) is 0 Å². The summed E-state index contributed by atoms with van der Waals surface area (Å²) in [5, 5.41) is 8.48. The van der Waals surface area contributed by atoms with Crippen molar-refractivity contribution in [3.63, 3.8) is 0 Å². The smallest absolute Gasteiger partial charge is 0.417 e. The Bertz CT molecular complexity index is 723. The Morgan fingerprint density at radius 1 is 0.952 bits per heavy atom. The molecule has 0 N–H and O–H groups in total. The van der Waals surface area contributed by atoms with Crippen LogP contribution in [0.15, 0.2) is 36.4 Å². The summed E-state index contributed by atoms with van der Waals surface area (Å²) >= 11 is 11.3. The largest absolute Gasteiger partial charge is 0.457 e. The van der Waals surface area contributed by atoms with Crippen LogP contribution in [0.3, 0.4) is 0 Å². The fourth-order valence-corrected chi connectivity index (χ4v) is 2.01. The van der Waals surface area contributed by atoms with Gasteiger partial charge < -0.3 is 4.74 Å². The van der Waals surface area contributed by atoms with Gasteiger partial charge in [0.25, 0.3) is 0 Å². The van der Waals surface area contributed by atoms with Gasteiger partial charge in [0.15, 0.2) is 0 Å². The molecule has 2 nitrogen and oxygen atoms in total. The Labute approximate surface area is 128 Å². The molecule has 7 heteroatoms. The molecule has 2 aromatic rings. The SMILES string of the molecule is N#Cc1ccc(Oc2ccc(Cl)c(C(F)(F)F)c2)cc1Cl. The van der Waals surface area contributed by atoms with E-state index < -0.39 is 16.8 Å². The van der Waals surface area contributed by atoms with Gasteiger partial charge in [0.2, 0.25) is 0 Å². The summed E-state index contributed by atoms with van der Waals surface area (Å²) in [6.45, 7) is 0. The minimum Gasteiger partial charge on any atom is -0.457 e. The van der Waals surface area contributed by atoms with Gasteiger partial charge in [-0.15, -0.1) is 0 Å². The van der Waals surface area contributed by atoms with Crippen molar-refractivity contribution >= 4 is 23.2 Å². The van der Waals surface area contributed by atoms with Crippen LogP contribution >= 0.6 is 23.2 Å². The second kappa shape index (κ2) is 5.84. The third-order valence-electron chi connectivity index (χ3n) is 2.54. The molecule has 0 atom stereocenters. The highest BCUT2D eigenvalue weighted by Gasteiger charge is 2.33. The molecular formula is C14H6Cl2F3NO. The molecule has 0 amide bonds. The molecule has 0 spiro atoms. The Morgan fingerprint density at radius 2 is 1.57 bits per heavy atom. The molecular weight excluding hydrogens is 326 g/mol. The minimum atomic E-state index is -4.57. The number of alkyl halides is 3. The van der Waals surface area contributed by atoms with E-state index in [2.05, 4.69) is 0 Å². The lowest BCUT2D eigenvalue weighted by molar-refractivity contribution is -0.137. The summed E-state index contributed by atoms with van der Waals surface area (Å²) in [4.78, 5) is 0. The molecule has 0 radical (unpaired) electrons. The van der Waals surface area contributed by atoms with Crippen LogP contribution in [0.25, 0.3) is 0 Å². The minimum absolute atomic E-state index is 0.0347. The molecule has 2 aromatic carbocycles. The molecule has 0 aromatic heterocycles. The molecule has 0 heterocycles. The molecule has 0 aliphatic rings. The van der Waals surface area contributed by atoms with E-state index in [0.717, 1.165) is 12.1 Å². The van der Waals surface area contributed by atoms with E-state index in [4.69, 9.17) is 33.2 Å². The van der Waals surface area contributed by atoms with Crippen molar-refractivity contribution in [2.45, 2.75) is 6.18 Å². The summed E-state index contributed by atoms with van der Waals surface area (Å²) < 4.78 is 43.5. The molecule has 0 unspecified atom stereocenters. The Kier molecular flexibility index (Phi) is 4.31. The lowest BCUT2D eigenvalue weighted by Crippen LogP contribution is -2.05. The van der Waals surface area contributed by atoms with Crippen molar-refractivity contribution in [1.82, 2.24) is 0 Å². The van der Waals surface area contributed by atoms with Gasteiger partial charge in [0.1, 0.15) is 17.6 Å². The number of nitriles is 1. The predicted octanol–water partition coefficient (Wildman–Crippen LogP) is 5.68. The highest BCUT2D eigenvalue weighted by atomic mass is 35.5. The molecule has 0 aliphatic carbocycles. The first-order valence-electron chi connectivity index (χ1n) is 5.55. The van der Waals surface area contributed by atoms with Gasteiger partial charge in [-0.25, -0.2) is 0 Å². The van der Waals surface area contributed by atoms with Crippen molar-refractivity contribution in [2.75, 3.05) is 0 Å². The van der Waals surface area contributed by atoms with Gasteiger partial charge in [-0.1, -0.05) is 23.2 Å². The number of hydrogen-bond acceptors (Lipinski definition) is 2. The second-order valence-corrected chi connectivity index (χ2v) is 4.81. The predicted molar refractivity (Wildman–Crippen MR) is 72.7 cm³/mol. The molecule has 0 fully saturated rings. The van der Waals surface area contributed by atoms with E-state index >= 15 is 0 Å². The zero-order valence-corrected chi connectivity index (χ0v) is 11.7. The first-order valence-corrected chi connectivity index (χ1v) is 6.31. The van der Waals surface area contributed by atoms with E-state index in [1.165, 1.54) is 24.3 Å². The first kappa shape index (κ1) is 15.5. The van der Waals surface area contributed by atoms with Crippen LogP contribution in [0.4, 0.5) is 13.2 Å². The van der Waals surface area contributed by atoms with Crippen LogP contribution in [-0.4, -0.2) is 0 Å². The molecule has 0 bridgehead atoms. The van der Waals surface area contributed by atoms with Crippen molar-refractivity contribution < 1.29 is 17.9 Å². The number of hydrogen-bond donors (Lipinski definition) is 0. The van der Waals surface area contributed by atoms with Crippen molar-refractivity contribution in [2.24, 2.45) is 0 Å². The summed E-state index contributed by atoms with van der Waals surface area (Å²) in [5.41, 5.74) is -0.738. The molecule has 108 valence electrons. The lowest BCUT2D eigenvalue weighted by Gasteiger charge is -2.12. The Balaban J connectivity index is 2.33. The van der Waals surface area contributed by atoms with Gasteiger partial charge in [0.05, 0.1) is 21.2 Å². The monoisotopic (exact) mass is 331 g/mol. The highest BCUT2D eigenvalue weighted by Crippen LogP contribution is 2.38. The van der Waals surface area contributed by atoms with Crippen LogP contribution in [0.1, 0.15) is 11.1 Å². The summed E-state index contributed by atoms with van der Waals surface area (Å²) in [6, 6.07) is 9.28. The van der Waals surface area contributed by atoms with Crippen molar-refractivity contribution in [3.05, 3.63) is 57.6 Å². The van der Waals surface area contributed by atoms with E-state index in [1.807, 2.05) is 6.07 Å². The third kappa shape index (κ3) is 3.60. The second-order valence-electron chi connectivity index (χ2n) is 3.99. The van der Waals surface area contributed by atoms with E-state index in [1.54, 1.807) is 0 Å². The fourth-order valence-electron chi connectivity index (χ4n) is 1.57. The molecule has 21 heavy (non-hydrogen) atoms. The molecule has 0 saturated heterocycles. The number of ether oxygens (including phenoxy) is 1.